The van der Waals surface area contributed by atoms with E-state index in [-0.39, 0.29) is 11.3 Å². The van der Waals surface area contributed by atoms with Gasteiger partial charge >= 0.3 is 0 Å². The first-order valence-corrected chi connectivity index (χ1v) is 6.42. The monoisotopic (exact) mass is 318 g/mol. The molecule has 0 saturated heterocycles. The third-order valence-corrected chi connectivity index (χ3v) is 3.97. The lowest BCUT2D eigenvalue weighted by Gasteiger charge is -2.02. The molecular formula is C11H5BrClFOS. The smallest absolute Gasteiger partial charge is 0.197 e. The maximum Gasteiger partial charge on any atom is 0.197 e. The van der Waals surface area contributed by atoms with Crippen LogP contribution in [-0.2, 0) is 0 Å². The van der Waals surface area contributed by atoms with E-state index in [0.717, 1.165) is 0 Å². The topological polar surface area (TPSA) is 17.1 Å². The first-order chi connectivity index (χ1) is 7.59. The van der Waals surface area contributed by atoms with Crippen molar-refractivity contribution in [1.82, 2.24) is 0 Å². The minimum absolute atomic E-state index is 0.00778. The standard InChI is InChI=1S/C11H5BrClFOS/c12-9-5-16-4-8(9)11(15)7-3-6(13)1-2-10(7)14/h1-5H. The average molecular weight is 320 g/mol. The van der Waals surface area contributed by atoms with Crippen molar-refractivity contribution in [2.45, 2.75) is 0 Å². The summed E-state index contributed by atoms with van der Waals surface area (Å²) in [5.74, 6) is -0.930. The molecule has 1 aromatic heterocycles. The van der Waals surface area contributed by atoms with Crippen LogP contribution in [0.25, 0.3) is 0 Å². The SMILES string of the molecule is O=C(c1cc(Cl)ccc1F)c1cscc1Br. The van der Waals surface area contributed by atoms with Gasteiger partial charge in [-0.05, 0) is 34.1 Å². The van der Waals surface area contributed by atoms with Crippen molar-refractivity contribution in [3.8, 4) is 0 Å². The van der Waals surface area contributed by atoms with Crippen molar-refractivity contribution in [3.63, 3.8) is 0 Å². The maximum absolute atomic E-state index is 13.5. The number of hydrogen-bond acceptors (Lipinski definition) is 2. The lowest BCUT2D eigenvalue weighted by atomic mass is 10.1. The van der Waals surface area contributed by atoms with E-state index in [9.17, 15) is 9.18 Å². The van der Waals surface area contributed by atoms with Crippen LogP contribution in [0, 0.1) is 5.82 Å². The van der Waals surface area contributed by atoms with E-state index in [1.54, 1.807) is 10.8 Å². The molecule has 0 spiro atoms. The molecule has 1 heterocycles. The van der Waals surface area contributed by atoms with Gasteiger partial charge < -0.3 is 0 Å². The number of hydrogen-bond donors (Lipinski definition) is 0. The Morgan fingerprint density at radius 2 is 2.06 bits per heavy atom. The number of benzene rings is 1. The van der Waals surface area contributed by atoms with Gasteiger partial charge in [-0.25, -0.2) is 4.39 Å². The highest BCUT2D eigenvalue weighted by Gasteiger charge is 2.17. The highest BCUT2D eigenvalue weighted by Crippen LogP contribution is 2.26. The Kier molecular flexibility index (Phi) is 3.42. The van der Waals surface area contributed by atoms with Crippen LogP contribution in [0.15, 0.2) is 33.4 Å². The molecule has 0 unspecified atom stereocenters. The molecule has 0 aliphatic carbocycles. The van der Waals surface area contributed by atoms with Gasteiger partial charge in [0.1, 0.15) is 5.82 Å². The Balaban J connectivity index is 2.49. The second-order valence-electron chi connectivity index (χ2n) is 3.09. The van der Waals surface area contributed by atoms with Crippen LogP contribution in [0.3, 0.4) is 0 Å². The number of carbonyl (C=O) groups excluding carboxylic acids is 1. The Morgan fingerprint density at radius 1 is 1.31 bits per heavy atom. The molecular weight excluding hydrogens is 315 g/mol. The fourth-order valence-electron chi connectivity index (χ4n) is 1.26. The van der Waals surface area contributed by atoms with Gasteiger partial charge in [0.05, 0.1) is 5.56 Å². The van der Waals surface area contributed by atoms with Crippen molar-refractivity contribution < 1.29 is 9.18 Å². The maximum atomic E-state index is 13.5. The first kappa shape index (κ1) is 11.8. The Morgan fingerprint density at radius 3 is 2.69 bits per heavy atom. The largest absolute Gasteiger partial charge is 0.288 e. The van der Waals surface area contributed by atoms with Crippen molar-refractivity contribution in [2.75, 3.05) is 0 Å². The fraction of sp³-hybridized carbons (Fsp3) is 0. The summed E-state index contributed by atoms with van der Waals surface area (Å²) in [5.41, 5.74) is 0.442. The van der Waals surface area contributed by atoms with E-state index in [1.807, 2.05) is 0 Å². The van der Waals surface area contributed by atoms with Crippen LogP contribution in [0.2, 0.25) is 5.02 Å². The second kappa shape index (κ2) is 4.65. The molecule has 0 atom stereocenters. The third-order valence-electron chi connectivity index (χ3n) is 2.03. The molecule has 0 radical (unpaired) electrons. The summed E-state index contributed by atoms with van der Waals surface area (Å²) in [6, 6.07) is 3.94. The molecule has 16 heavy (non-hydrogen) atoms. The second-order valence-corrected chi connectivity index (χ2v) is 5.12. The number of carbonyl (C=O) groups is 1. The minimum atomic E-state index is -0.562. The quantitative estimate of drug-likeness (QED) is 0.743. The van der Waals surface area contributed by atoms with E-state index in [0.29, 0.717) is 15.1 Å². The van der Waals surface area contributed by atoms with Crippen LogP contribution in [-0.4, -0.2) is 5.78 Å². The molecule has 0 aliphatic rings. The Labute approximate surface area is 109 Å². The summed E-state index contributed by atoms with van der Waals surface area (Å²) in [6.45, 7) is 0. The van der Waals surface area contributed by atoms with Crippen LogP contribution in [0.4, 0.5) is 4.39 Å². The van der Waals surface area contributed by atoms with Crippen LogP contribution in [0.1, 0.15) is 15.9 Å². The summed E-state index contributed by atoms with van der Waals surface area (Å²) >= 11 is 10.4. The van der Waals surface area contributed by atoms with Gasteiger partial charge in [0.25, 0.3) is 0 Å². The highest BCUT2D eigenvalue weighted by atomic mass is 79.9. The lowest BCUT2D eigenvalue weighted by Crippen LogP contribution is -2.03. The van der Waals surface area contributed by atoms with Gasteiger partial charge in [-0.2, -0.15) is 11.3 Å². The normalized spacial score (nSPS) is 10.4. The summed E-state index contributed by atoms with van der Waals surface area (Å²) in [4.78, 5) is 12.0. The molecule has 82 valence electrons. The van der Waals surface area contributed by atoms with E-state index in [2.05, 4.69) is 15.9 Å². The molecule has 0 fully saturated rings. The van der Waals surface area contributed by atoms with Crippen molar-refractivity contribution >= 4 is 44.7 Å². The molecule has 0 aliphatic heterocycles. The molecule has 0 bridgehead atoms. The van der Waals surface area contributed by atoms with E-state index >= 15 is 0 Å². The molecule has 0 N–H and O–H groups in total. The van der Waals surface area contributed by atoms with E-state index in [4.69, 9.17) is 11.6 Å². The fourth-order valence-corrected chi connectivity index (χ4v) is 2.89. The lowest BCUT2D eigenvalue weighted by molar-refractivity contribution is 0.103. The molecule has 0 amide bonds. The Bertz CT molecular complexity index is 553. The van der Waals surface area contributed by atoms with Gasteiger partial charge in [0, 0.05) is 25.8 Å². The van der Waals surface area contributed by atoms with Crippen molar-refractivity contribution in [1.29, 1.82) is 0 Å². The summed E-state index contributed by atoms with van der Waals surface area (Å²) < 4.78 is 14.1. The zero-order valence-electron chi connectivity index (χ0n) is 7.84. The van der Waals surface area contributed by atoms with E-state index < -0.39 is 5.82 Å². The summed E-state index contributed by atoms with van der Waals surface area (Å²) in [5, 5.41) is 3.79. The minimum Gasteiger partial charge on any atom is -0.288 e. The van der Waals surface area contributed by atoms with Gasteiger partial charge in [0.15, 0.2) is 5.78 Å². The van der Waals surface area contributed by atoms with Crippen LogP contribution in [0.5, 0.6) is 0 Å². The van der Waals surface area contributed by atoms with Crippen molar-refractivity contribution in [2.24, 2.45) is 0 Å². The van der Waals surface area contributed by atoms with Crippen LogP contribution >= 0.6 is 38.9 Å². The van der Waals surface area contributed by atoms with Gasteiger partial charge in [0.2, 0.25) is 0 Å². The first-order valence-electron chi connectivity index (χ1n) is 4.31. The summed E-state index contributed by atoms with van der Waals surface area (Å²) in [6.07, 6.45) is 0. The van der Waals surface area contributed by atoms with Gasteiger partial charge in [-0.1, -0.05) is 11.6 Å². The molecule has 5 heteroatoms. The zero-order valence-corrected chi connectivity index (χ0v) is 11.0. The van der Waals surface area contributed by atoms with Crippen molar-refractivity contribution in [3.05, 3.63) is 55.4 Å². The molecule has 1 aromatic carbocycles. The highest BCUT2D eigenvalue weighted by molar-refractivity contribution is 9.10. The molecule has 2 rings (SSSR count). The van der Waals surface area contributed by atoms with Gasteiger partial charge in [-0.15, -0.1) is 0 Å². The molecule has 1 nitrogen and oxygen atoms in total. The number of halogens is 3. The summed E-state index contributed by atoms with van der Waals surface area (Å²) in [7, 11) is 0. The van der Waals surface area contributed by atoms with Crippen LogP contribution < -0.4 is 0 Å². The predicted octanol–water partition coefficient (Wildman–Crippen LogP) is 4.53. The zero-order chi connectivity index (χ0) is 11.7. The Hall–Kier alpha value is -0.710. The number of rotatable bonds is 2. The number of thiophene rings is 1. The van der Waals surface area contributed by atoms with Gasteiger partial charge in [-0.3, -0.25) is 4.79 Å². The average Bonchev–Trinajstić information content (AvgIpc) is 2.67. The van der Waals surface area contributed by atoms with E-state index in [1.165, 1.54) is 29.5 Å². The third kappa shape index (κ3) is 2.19. The molecule has 2 aromatic rings. The number of ketones is 1. The molecule has 0 saturated carbocycles. The predicted molar refractivity (Wildman–Crippen MR) is 66.9 cm³/mol.